The van der Waals surface area contributed by atoms with Crippen molar-refractivity contribution in [1.82, 2.24) is 0 Å². The molecule has 1 aromatic rings. The number of carbonyl (C=O) groups excluding carboxylic acids is 1. The van der Waals surface area contributed by atoms with Crippen molar-refractivity contribution in [2.45, 2.75) is 31.4 Å². The van der Waals surface area contributed by atoms with Crippen LogP contribution in [0.4, 0.5) is 18.9 Å². The molecule has 1 saturated carbocycles. The minimum atomic E-state index is -4.37. The first-order valence-electron chi connectivity index (χ1n) is 5.96. The lowest BCUT2D eigenvalue weighted by atomic mass is 9.86. The Kier molecular flexibility index (Phi) is 2.40. The van der Waals surface area contributed by atoms with Crippen LogP contribution in [-0.4, -0.2) is 5.91 Å². The fourth-order valence-electron chi connectivity index (χ4n) is 2.59. The Hall–Kier alpha value is -1.52. The van der Waals surface area contributed by atoms with Crippen LogP contribution in [0.1, 0.15) is 36.3 Å². The molecule has 3 rings (SSSR count). The summed E-state index contributed by atoms with van der Waals surface area (Å²) in [5.41, 5.74) is 0.473. The number of alkyl halides is 3. The number of hydrogen-bond acceptors (Lipinski definition) is 1. The maximum atomic E-state index is 12.6. The van der Waals surface area contributed by atoms with Crippen LogP contribution in [0.3, 0.4) is 0 Å². The lowest BCUT2D eigenvalue weighted by Crippen LogP contribution is -2.24. The van der Waals surface area contributed by atoms with Gasteiger partial charge in [0.15, 0.2) is 0 Å². The molecule has 0 bridgehead atoms. The van der Waals surface area contributed by atoms with Crippen molar-refractivity contribution in [3.05, 3.63) is 29.3 Å². The number of amides is 1. The molecule has 0 spiro atoms. The smallest absolute Gasteiger partial charge is 0.326 e. The second kappa shape index (κ2) is 3.73. The molecular weight excluding hydrogens is 243 g/mol. The minimum Gasteiger partial charge on any atom is -0.326 e. The van der Waals surface area contributed by atoms with E-state index in [1.54, 1.807) is 0 Å². The van der Waals surface area contributed by atoms with E-state index in [9.17, 15) is 18.0 Å². The fourth-order valence-corrected chi connectivity index (χ4v) is 2.59. The molecule has 1 fully saturated rings. The molecule has 1 aromatic carbocycles. The van der Waals surface area contributed by atoms with Crippen LogP contribution >= 0.6 is 0 Å². The Morgan fingerprint density at radius 1 is 1.22 bits per heavy atom. The molecule has 2 aliphatic rings. The molecule has 1 amide bonds. The SMILES string of the molecule is O=C1CC(C2CC2)c2ccc(C(F)(F)F)cc2N1. The predicted molar refractivity (Wildman–Crippen MR) is 60.2 cm³/mol. The Morgan fingerprint density at radius 2 is 1.94 bits per heavy atom. The van der Waals surface area contributed by atoms with Crippen molar-refractivity contribution in [3.63, 3.8) is 0 Å². The first-order valence-corrected chi connectivity index (χ1v) is 5.96. The third kappa shape index (κ3) is 1.98. The topological polar surface area (TPSA) is 29.1 Å². The summed E-state index contributed by atoms with van der Waals surface area (Å²) >= 11 is 0. The average Bonchev–Trinajstić information content (AvgIpc) is 3.09. The zero-order chi connectivity index (χ0) is 12.9. The molecule has 0 aromatic heterocycles. The third-order valence-corrected chi connectivity index (χ3v) is 3.65. The summed E-state index contributed by atoms with van der Waals surface area (Å²) in [6.45, 7) is 0. The molecule has 0 saturated heterocycles. The van der Waals surface area contributed by atoms with E-state index in [2.05, 4.69) is 5.32 Å². The highest BCUT2D eigenvalue weighted by Gasteiger charge is 2.39. The monoisotopic (exact) mass is 255 g/mol. The summed E-state index contributed by atoms with van der Waals surface area (Å²) in [6.07, 6.45) is -1.84. The van der Waals surface area contributed by atoms with Gasteiger partial charge in [0.2, 0.25) is 5.91 Å². The van der Waals surface area contributed by atoms with Crippen LogP contribution in [0, 0.1) is 5.92 Å². The molecule has 96 valence electrons. The van der Waals surface area contributed by atoms with Crippen molar-refractivity contribution in [2.24, 2.45) is 5.92 Å². The summed E-state index contributed by atoms with van der Waals surface area (Å²) in [7, 11) is 0. The number of anilines is 1. The van der Waals surface area contributed by atoms with Gasteiger partial charge in [-0.2, -0.15) is 13.2 Å². The van der Waals surface area contributed by atoms with Crippen LogP contribution < -0.4 is 5.32 Å². The van der Waals surface area contributed by atoms with E-state index in [0.29, 0.717) is 18.0 Å². The largest absolute Gasteiger partial charge is 0.416 e. The molecular formula is C13H12F3NO. The summed E-state index contributed by atoms with van der Waals surface area (Å²) < 4.78 is 37.8. The number of nitrogens with one attached hydrogen (secondary N) is 1. The quantitative estimate of drug-likeness (QED) is 0.817. The highest BCUT2D eigenvalue weighted by molar-refractivity contribution is 5.95. The zero-order valence-corrected chi connectivity index (χ0v) is 9.55. The highest BCUT2D eigenvalue weighted by Crippen LogP contribution is 2.49. The third-order valence-electron chi connectivity index (χ3n) is 3.65. The van der Waals surface area contributed by atoms with Crippen LogP contribution in [-0.2, 0) is 11.0 Å². The van der Waals surface area contributed by atoms with Gasteiger partial charge in [-0.05, 0) is 42.4 Å². The number of rotatable bonds is 1. The number of hydrogen-bond donors (Lipinski definition) is 1. The van der Waals surface area contributed by atoms with Crippen molar-refractivity contribution in [1.29, 1.82) is 0 Å². The van der Waals surface area contributed by atoms with Crippen molar-refractivity contribution < 1.29 is 18.0 Å². The van der Waals surface area contributed by atoms with Crippen molar-refractivity contribution in [3.8, 4) is 0 Å². The van der Waals surface area contributed by atoms with Gasteiger partial charge in [-0.25, -0.2) is 0 Å². The lowest BCUT2D eigenvalue weighted by molar-refractivity contribution is -0.137. The second-order valence-corrected chi connectivity index (χ2v) is 5.00. The van der Waals surface area contributed by atoms with Gasteiger partial charge in [-0.15, -0.1) is 0 Å². The van der Waals surface area contributed by atoms with Gasteiger partial charge >= 0.3 is 6.18 Å². The summed E-state index contributed by atoms with van der Waals surface area (Å²) in [5.74, 6) is 0.376. The number of benzene rings is 1. The van der Waals surface area contributed by atoms with Crippen LogP contribution in [0.15, 0.2) is 18.2 Å². The molecule has 1 N–H and O–H groups in total. The van der Waals surface area contributed by atoms with E-state index in [1.807, 2.05) is 0 Å². The fraction of sp³-hybridized carbons (Fsp3) is 0.462. The molecule has 1 aliphatic carbocycles. The zero-order valence-electron chi connectivity index (χ0n) is 9.55. The molecule has 1 atom stereocenters. The normalized spacial score (nSPS) is 23.5. The molecule has 1 heterocycles. The number of carbonyl (C=O) groups is 1. The van der Waals surface area contributed by atoms with Crippen LogP contribution in [0.25, 0.3) is 0 Å². The van der Waals surface area contributed by atoms with Gasteiger partial charge in [-0.1, -0.05) is 6.07 Å². The van der Waals surface area contributed by atoms with Gasteiger partial charge in [0.1, 0.15) is 0 Å². The molecule has 2 nitrogen and oxygen atoms in total. The summed E-state index contributed by atoms with van der Waals surface area (Å²) in [5, 5.41) is 2.55. The lowest BCUT2D eigenvalue weighted by Gasteiger charge is -2.26. The van der Waals surface area contributed by atoms with E-state index in [0.717, 1.165) is 30.5 Å². The van der Waals surface area contributed by atoms with Crippen molar-refractivity contribution >= 4 is 11.6 Å². The Bertz CT molecular complexity index is 505. The Morgan fingerprint density at radius 3 is 2.56 bits per heavy atom. The molecule has 1 aliphatic heterocycles. The summed E-state index contributed by atoms with van der Waals surface area (Å²) in [6, 6.07) is 3.66. The standard InChI is InChI=1S/C13H12F3NO/c14-13(15,16)8-3-4-9-10(7-1-2-7)6-12(18)17-11(9)5-8/h3-5,7,10H,1-2,6H2,(H,17,18). The maximum Gasteiger partial charge on any atom is 0.416 e. The van der Waals surface area contributed by atoms with Crippen molar-refractivity contribution in [2.75, 3.05) is 5.32 Å². The van der Waals surface area contributed by atoms with Gasteiger partial charge in [-0.3, -0.25) is 4.79 Å². The van der Waals surface area contributed by atoms with Gasteiger partial charge < -0.3 is 5.32 Å². The molecule has 18 heavy (non-hydrogen) atoms. The van der Waals surface area contributed by atoms with E-state index in [1.165, 1.54) is 6.07 Å². The van der Waals surface area contributed by atoms with E-state index >= 15 is 0 Å². The molecule has 0 radical (unpaired) electrons. The van der Waals surface area contributed by atoms with Gasteiger partial charge in [0, 0.05) is 12.1 Å². The number of halogens is 3. The van der Waals surface area contributed by atoms with Crippen LogP contribution in [0.2, 0.25) is 0 Å². The Balaban J connectivity index is 2.02. The average molecular weight is 255 g/mol. The second-order valence-electron chi connectivity index (χ2n) is 5.00. The summed E-state index contributed by atoms with van der Waals surface area (Å²) in [4.78, 5) is 11.5. The first-order chi connectivity index (χ1) is 8.45. The van der Waals surface area contributed by atoms with Gasteiger partial charge in [0.25, 0.3) is 0 Å². The van der Waals surface area contributed by atoms with E-state index < -0.39 is 11.7 Å². The molecule has 1 unspecified atom stereocenters. The number of fused-ring (bicyclic) bond motifs is 1. The van der Waals surface area contributed by atoms with E-state index in [4.69, 9.17) is 0 Å². The minimum absolute atomic E-state index is 0.0935. The predicted octanol–water partition coefficient (Wildman–Crippen LogP) is 3.54. The Labute approximate surface area is 102 Å². The van der Waals surface area contributed by atoms with Crippen LogP contribution in [0.5, 0.6) is 0 Å². The first kappa shape index (κ1) is 11.6. The molecule has 5 heteroatoms. The maximum absolute atomic E-state index is 12.6. The van der Waals surface area contributed by atoms with Gasteiger partial charge in [0.05, 0.1) is 5.56 Å². The highest BCUT2D eigenvalue weighted by atomic mass is 19.4. The van der Waals surface area contributed by atoms with E-state index in [-0.39, 0.29) is 11.8 Å².